The Morgan fingerprint density at radius 2 is 1.84 bits per heavy atom. The van der Waals surface area contributed by atoms with Crippen LogP contribution in [0.3, 0.4) is 0 Å². The number of ketones is 1. The maximum absolute atomic E-state index is 13.1. The number of nitrogens with one attached hydrogen (secondary N) is 1. The summed E-state index contributed by atoms with van der Waals surface area (Å²) in [7, 11) is 3.79. The Labute approximate surface area is 212 Å². The van der Waals surface area contributed by atoms with Crippen molar-refractivity contribution in [1.29, 1.82) is 0 Å². The Hall–Kier alpha value is -3.84. The number of aliphatic hydroxyl groups excluding tert-OH is 3. The molecule has 1 aliphatic rings. The quantitative estimate of drug-likeness (QED) is 0.163. The average molecular weight is 516 g/mol. The zero-order chi connectivity index (χ0) is 27.3. The molecule has 0 aromatic heterocycles. The summed E-state index contributed by atoms with van der Waals surface area (Å²) in [5.74, 6) is -1.29. The fourth-order valence-corrected chi connectivity index (χ4v) is 3.77. The number of hydrogen-bond acceptors (Lipinski definition) is 10. The predicted molar refractivity (Wildman–Crippen MR) is 133 cm³/mol. The van der Waals surface area contributed by atoms with Crippen LogP contribution in [-0.4, -0.2) is 83.3 Å². The zero-order valence-corrected chi connectivity index (χ0v) is 20.5. The van der Waals surface area contributed by atoms with E-state index in [0.717, 1.165) is 23.4 Å². The maximum atomic E-state index is 13.1. The molecule has 1 saturated heterocycles. The van der Waals surface area contributed by atoms with E-state index in [1.54, 1.807) is 18.2 Å². The largest absolute Gasteiger partial charge is 0.462 e. The first-order chi connectivity index (χ1) is 17.5. The van der Waals surface area contributed by atoms with Crippen LogP contribution in [0, 0.1) is 10.1 Å². The summed E-state index contributed by atoms with van der Waals surface area (Å²) >= 11 is 0. The highest BCUT2D eigenvalue weighted by Gasteiger charge is 2.46. The SMILES string of the molecule is CC(=O)NC1C(Oc2ccc([N+](=O)[O-])cc2C(=O)C=Cc2ccc(N(C)C)cc2)OC(CO)C(O)C1O. The first-order valence-electron chi connectivity index (χ1n) is 11.4. The van der Waals surface area contributed by atoms with Gasteiger partial charge in [0.05, 0.1) is 17.1 Å². The Balaban J connectivity index is 1.93. The Bertz CT molecular complexity index is 1170. The van der Waals surface area contributed by atoms with E-state index in [0.29, 0.717) is 0 Å². The molecule has 3 rings (SSSR count). The second-order valence-electron chi connectivity index (χ2n) is 8.67. The zero-order valence-electron chi connectivity index (χ0n) is 20.5. The van der Waals surface area contributed by atoms with Crippen molar-refractivity contribution in [2.75, 3.05) is 25.6 Å². The molecule has 1 fully saturated rings. The lowest BCUT2D eigenvalue weighted by molar-refractivity contribution is -0.384. The van der Waals surface area contributed by atoms with Crippen LogP contribution in [0.15, 0.2) is 48.5 Å². The van der Waals surface area contributed by atoms with E-state index in [2.05, 4.69) is 5.32 Å². The molecule has 2 aromatic carbocycles. The summed E-state index contributed by atoms with van der Waals surface area (Å²) in [6.07, 6.45) is -2.99. The second kappa shape index (κ2) is 11.9. The first-order valence-corrected chi connectivity index (χ1v) is 11.4. The van der Waals surface area contributed by atoms with Crippen molar-refractivity contribution in [3.8, 4) is 5.75 Å². The van der Waals surface area contributed by atoms with Gasteiger partial charge in [0.25, 0.3) is 5.69 Å². The summed E-state index contributed by atoms with van der Waals surface area (Å²) < 4.78 is 11.3. The molecule has 1 amide bonds. The van der Waals surface area contributed by atoms with Gasteiger partial charge in [0, 0.05) is 38.8 Å². The third-order valence-corrected chi connectivity index (χ3v) is 5.77. The summed E-state index contributed by atoms with van der Waals surface area (Å²) in [4.78, 5) is 37.4. The van der Waals surface area contributed by atoms with Crippen molar-refractivity contribution in [1.82, 2.24) is 5.32 Å². The number of carbonyl (C=O) groups excluding carboxylic acids is 2. The molecule has 198 valence electrons. The first kappa shape index (κ1) is 27.7. The van der Waals surface area contributed by atoms with Gasteiger partial charge in [-0.3, -0.25) is 19.7 Å². The van der Waals surface area contributed by atoms with E-state index in [-0.39, 0.29) is 17.0 Å². The molecule has 37 heavy (non-hydrogen) atoms. The minimum Gasteiger partial charge on any atom is -0.462 e. The molecule has 12 nitrogen and oxygen atoms in total. The standard InChI is InChI=1S/C25H29N3O9/c1-14(30)26-22-24(33)23(32)21(13-29)37-25(22)36-20-11-9-17(28(34)35)12-18(20)19(31)10-6-15-4-7-16(8-5-15)27(2)3/h4-12,21-25,29,32-33H,13H2,1-3H3,(H,26,30). The van der Waals surface area contributed by atoms with Crippen LogP contribution in [0.5, 0.6) is 5.75 Å². The van der Waals surface area contributed by atoms with Crippen LogP contribution in [0.1, 0.15) is 22.8 Å². The van der Waals surface area contributed by atoms with E-state index in [9.17, 15) is 35.0 Å². The van der Waals surface area contributed by atoms with E-state index >= 15 is 0 Å². The maximum Gasteiger partial charge on any atom is 0.270 e. The van der Waals surface area contributed by atoms with Crippen LogP contribution < -0.4 is 15.0 Å². The fraction of sp³-hybridized carbons (Fsp3) is 0.360. The summed E-state index contributed by atoms with van der Waals surface area (Å²) in [6.45, 7) is 0.525. The van der Waals surface area contributed by atoms with Gasteiger partial charge in [0.15, 0.2) is 5.78 Å². The van der Waals surface area contributed by atoms with E-state index < -0.39 is 53.9 Å². The smallest absolute Gasteiger partial charge is 0.270 e. The number of allylic oxidation sites excluding steroid dienone is 1. The lowest BCUT2D eigenvalue weighted by Gasteiger charge is -2.42. The summed E-state index contributed by atoms with van der Waals surface area (Å²) in [5, 5.41) is 44.0. The highest BCUT2D eigenvalue weighted by Crippen LogP contribution is 2.30. The number of nitro groups is 1. The van der Waals surface area contributed by atoms with E-state index in [1.165, 1.54) is 19.1 Å². The van der Waals surface area contributed by atoms with Crippen molar-refractivity contribution in [2.45, 2.75) is 37.6 Å². The van der Waals surface area contributed by atoms with E-state index in [4.69, 9.17) is 9.47 Å². The number of nitrogens with zero attached hydrogens (tertiary/aromatic N) is 2. The molecule has 0 saturated carbocycles. The van der Waals surface area contributed by atoms with Gasteiger partial charge in [-0.2, -0.15) is 0 Å². The third kappa shape index (κ3) is 6.68. The summed E-state index contributed by atoms with van der Waals surface area (Å²) in [6, 6.07) is 9.45. The number of aliphatic hydroxyl groups is 3. The second-order valence-corrected chi connectivity index (χ2v) is 8.67. The van der Waals surface area contributed by atoms with Crippen molar-refractivity contribution in [3.63, 3.8) is 0 Å². The topological polar surface area (TPSA) is 172 Å². The number of hydrogen-bond donors (Lipinski definition) is 4. The number of nitro benzene ring substituents is 1. The number of rotatable bonds is 9. The van der Waals surface area contributed by atoms with Gasteiger partial charge in [-0.25, -0.2) is 0 Å². The minimum atomic E-state index is -1.57. The molecule has 2 aromatic rings. The highest BCUT2D eigenvalue weighted by atomic mass is 16.7. The molecular weight excluding hydrogens is 486 g/mol. The molecule has 12 heteroatoms. The normalized spacial score (nSPS) is 23.5. The number of amides is 1. The van der Waals surface area contributed by atoms with Crippen LogP contribution in [0.4, 0.5) is 11.4 Å². The van der Waals surface area contributed by atoms with Crippen molar-refractivity contribution in [2.24, 2.45) is 0 Å². The van der Waals surface area contributed by atoms with Crippen molar-refractivity contribution in [3.05, 3.63) is 69.8 Å². The van der Waals surface area contributed by atoms with Gasteiger partial charge >= 0.3 is 0 Å². The molecule has 4 N–H and O–H groups in total. The Morgan fingerprint density at radius 1 is 1.16 bits per heavy atom. The van der Waals surface area contributed by atoms with Gasteiger partial charge in [-0.15, -0.1) is 0 Å². The fourth-order valence-electron chi connectivity index (χ4n) is 3.77. The molecule has 5 unspecified atom stereocenters. The van der Waals surface area contributed by atoms with Crippen LogP contribution >= 0.6 is 0 Å². The molecule has 0 spiro atoms. The lowest BCUT2D eigenvalue weighted by atomic mass is 9.97. The number of ether oxygens (including phenoxy) is 2. The van der Waals surface area contributed by atoms with E-state index in [1.807, 2.05) is 31.1 Å². The molecule has 5 atom stereocenters. The molecule has 1 heterocycles. The van der Waals surface area contributed by atoms with Crippen LogP contribution in [0.25, 0.3) is 6.08 Å². The highest BCUT2D eigenvalue weighted by molar-refractivity contribution is 6.09. The molecule has 0 radical (unpaired) electrons. The van der Waals surface area contributed by atoms with Crippen molar-refractivity contribution < 1.29 is 39.3 Å². The number of non-ortho nitro benzene ring substituents is 1. The molecule has 1 aliphatic heterocycles. The van der Waals surface area contributed by atoms with Gasteiger partial charge in [0.1, 0.15) is 30.1 Å². The number of carbonyl (C=O) groups is 2. The van der Waals surface area contributed by atoms with Crippen LogP contribution in [-0.2, 0) is 9.53 Å². The molecule has 0 aliphatic carbocycles. The third-order valence-electron chi connectivity index (χ3n) is 5.77. The van der Waals surface area contributed by atoms with Crippen LogP contribution in [0.2, 0.25) is 0 Å². The monoisotopic (exact) mass is 515 g/mol. The Kier molecular flexibility index (Phi) is 8.95. The lowest BCUT2D eigenvalue weighted by Crippen LogP contribution is -2.65. The molecule has 0 bridgehead atoms. The predicted octanol–water partition coefficient (Wildman–Crippen LogP) is 0.879. The minimum absolute atomic E-state index is 0.121. The molecular formula is C25H29N3O9. The van der Waals surface area contributed by atoms with Gasteiger partial charge in [-0.05, 0) is 29.8 Å². The van der Waals surface area contributed by atoms with Gasteiger partial charge in [-0.1, -0.05) is 18.2 Å². The Morgan fingerprint density at radius 3 is 2.41 bits per heavy atom. The van der Waals surface area contributed by atoms with Crippen molar-refractivity contribution >= 4 is 29.1 Å². The number of anilines is 1. The number of benzene rings is 2. The average Bonchev–Trinajstić information content (AvgIpc) is 2.86. The van der Waals surface area contributed by atoms with Gasteiger partial charge in [0.2, 0.25) is 12.2 Å². The van der Waals surface area contributed by atoms with Gasteiger partial charge < -0.3 is 35.0 Å². The summed E-state index contributed by atoms with van der Waals surface area (Å²) in [5.41, 5.74) is 1.16.